The lowest BCUT2D eigenvalue weighted by Gasteiger charge is -2.06. The minimum atomic E-state index is -0.234. The molecular weight excluding hydrogens is 231 g/mol. The van der Waals surface area contributed by atoms with Gasteiger partial charge in [0.15, 0.2) is 0 Å². The van der Waals surface area contributed by atoms with Gasteiger partial charge in [-0.15, -0.1) is 0 Å². The van der Waals surface area contributed by atoms with Crippen LogP contribution < -0.4 is 5.73 Å². The van der Waals surface area contributed by atoms with Gasteiger partial charge in [0.25, 0.3) is 0 Å². The molecule has 2 heterocycles. The van der Waals surface area contributed by atoms with E-state index in [0.717, 1.165) is 16.8 Å². The minimum Gasteiger partial charge on any atom is -0.396 e. The molecule has 0 bridgehead atoms. The molecule has 3 rings (SSSR count). The van der Waals surface area contributed by atoms with Crippen LogP contribution in [0, 0.1) is 5.82 Å². The summed E-state index contributed by atoms with van der Waals surface area (Å²) in [7, 11) is 3.65. The first-order chi connectivity index (χ1) is 8.59. The maximum atomic E-state index is 13.8. The lowest BCUT2D eigenvalue weighted by atomic mass is 10.2. The van der Waals surface area contributed by atoms with E-state index in [1.54, 1.807) is 21.5 Å². The molecule has 0 amide bonds. The Hall–Kier alpha value is -2.30. The summed E-state index contributed by atoms with van der Waals surface area (Å²) in [4.78, 5) is 0. The third kappa shape index (κ3) is 1.33. The van der Waals surface area contributed by atoms with Crippen LogP contribution in [-0.2, 0) is 14.1 Å². The summed E-state index contributed by atoms with van der Waals surface area (Å²) in [5.74, 6) is -0.234. The van der Waals surface area contributed by atoms with Crippen molar-refractivity contribution in [1.29, 1.82) is 0 Å². The fourth-order valence-corrected chi connectivity index (χ4v) is 2.36. The second-order valence-corrected chi connectivity index (χ2v) is 4.34. The highest BCUT2D eigenvalue weighted by Crippen LogP contribution is 2.31. The van der Waals surface area contributed by atoms with E-state index in [1.165, 1.54) is 6.07 Å². The molecule has 0 unspecified atom stereocenters. The van der Waals surface area contributed by atoms with Crippen molar-refractivity contribution in [3.63, 3.8) is 0 Å². The number of nitrogens with zero attached hydrogens (tertiary/aromatic N) is 3. The van der Waals surface area contributed by atoms with E-state index in [1.807, 2.05) is 26.2 Å². The van der Waals surface area contributed by atoms with E-state index in [0.29, 0.717) is 11.2 Å². The van der Waals surface area contributed by atoms with Gasteiger partial charge in [-0.25, -0.2) is 4.39 Å². The predicted octanol–water partition coefficient (Wildman–Crippen LogP) is 2.30. The van der Waals surface area contributed by atoms with Crippen molar-refractivity contribution in [2.24, 2.45) is 14.1 Å². The zero-order valence-electron chi connectivity index (χ0n) is 10.2. The number of rotatable bonds is 1. The zero-order valence-corrected chi connectivity index (χ0v) is 10.2. The summed E-state index contributed by atoms with van der Waals surface area (Å²) in [6.45, 7) is 0. The number of anilines is 1. The van der Waals surface area contributed by atoms with Crippen molar-refractivity contribution in [1.82, 2.24) is 14.3 Å². The molecule has 2 N–H and O–H groups in total. The van der Waals surface area contributed by atoms with Crippen molar-refractivity contribution < 1.29 is 4.39 Å². The Morgan fingerprint density at radius 2 is 2.06 bits per heavy atom. The molecule has 0 aliphatic rings. The number of fused-ring (bicyclic) bond motifs is 1. The number of para-hydroxylation sites is 1. The van der Waals surface area contributed by atoms with Crippen LogP contribution in [0.3, 0.4) is 0 Å². The highest BCUT2D eigenvalue weighted by atomic mass is 19.1. The van der Waals surface area contributed by atoms with Gasteiger partial charge < -0.3 is 10.3 Å². The third-order valence-electron chi connectivity index (χ3n) is 3.22. The number of halogens is 1. The molecule has 18 heavy (non-hydrogen) atoms. The summed E-state index contributed by atoms with van der Waals surface area (Å²) in [5.41, 5.74) is 8.73. The van der Waals surface area contributed by atoms with E-state index in [-0.39, 0.29) is 5.82 Å². The van der Waals surface area contributed by atoms with E-state index in [4.69, 9.17) is 5.73 Å². The smallest absolute Gasteiger partial charge is 0.147 e. The number of aryl methyl sites for hydroxylation is 2. The summed E-state index contributed by atoms with van der Waals surface area (Å²) < 4.78 is 17.3. The Labute approximate surface area is 103 Å². The van der Waals surface area contributed by atoms with Gasteiger partial charge in [0, 0.05) is 19.5 Å². The Balaban J connectivity index is 2.38. The van der Waals surface area contributed by atoms with Crippen molar-refractivity contribution in [3.8, 4) is 11.4 Å². The average molecular weight is 244 g/mol. The van der Waals surface area contributed by atoms with Gasteiger partial charge in [-0.1, -0.05) is 12.1 Å². The molecule has 4 nitrogen and oxygen atoms in total. The second kappa shape index (κ2) is 3.60. The molecule has 0 radical (unpaired) electrons. The van der Waals surface area contributed by atoms with Crippen LogP contribution in [-0.4, -0.2) is 14.3 Å². The first-order valence-corrected chi connectivity index (χ1v) is 5.61. The predicted molar refractivity (Wildman–Crippen MR) is 69.5 cm³/mol. The lowest BCUT2D eigenvalue weighted by Crippen LogP contribution is -2.00. The van der Waals surface area contributed by atoms with Crippen molar-refractivity contribution in [2.75, 3.05) is 5.73 Å². The SMILES string of the molecule is Cn1ncc(N)c1-c1cc2cccc(F)c2n1C. The quantitative estimate of drug-likeness (QED) is 0.714. The first-order valence-electron chi connectivity index (χ1n) is 5.61. The monoisotopic (exact) mass is 244 g/mol. The van der Waals surface area contributed by atoms with Crippen molar-refractivity contribution in [2.45, 2.75) is 0 Å². The number of hydrogen-bond donors (Lipinski definition) is 1. The topological polar surface area (TPSA) is 48.8 Å². The Kier molecular flexibility index (Phi) is 2.16. The molecule has 5 heteroatoms. The van der Waals surface area contributed by atoms with Crippen LogP contribution in [0.2, 0.25) is 0 Å². The summed E-state index contributed by atoms with van der Waals surface area (Å²) in [5, 5.41) is 4.97. The largest absolute Gasteiger partial charge is 0.396 e. The molecule has 92 valence electrons. The van der Waals surface area contributed by atoms with Crippen molar-refractivity contribution >= 4 is 16.6 Å². The van der Waals surface area contributed by atoms with Gasteiger partial charge >= 0.3 is 0 Å². The molecule has 0 fully saturated rings. The van der Waals surface area contributed by atoms with Crippen LogP contribution in [0.4, 0.5) is 10.1 Å². The number of benzene rings is 1. The molecule has 0 aliphatic heterocycles. The van der Waals surface area contributed by atoms with Gasteiger partial charge in [-0.3, -0.25) is 4.68 Å². The minimum absolute atomic E-state index is 0.234. The number of aromatic nitrogens is 3. The summed E-state index contributed by atoms with van der Waals surface area (Å²) >= 11 is 0. The molecule has 2 aromatic heterocycles. The maximum absolute atomic E-state index is 13.8. The fourth-order valence-electron chi connectivity index (χ4n) is 2.36. The van der Waals surface area contributed by atoms with Gasteiger partial charge in [-0.2, -0.15) is 5.10 Å². The fraction of sp³-hybridized carbons (Fsp3) is 0.154. The number of nitrogen functional groups attached to an aromatic ring is 1. The standard InChI is InChI=1S/C13H13FN4/c1-17-11(13-10(15)7-16-18(13)2)6-8-4-3-5-9(14)12(8)17/h3-7H,15H2,1-2H3. The third-order valence-corrected chi connectivity index (χ3v) is 3.22. The highest BCUT2D eigenvalue weighted by molar-refractivity contribution is 5.88. The van der Waals surface area contributed by atoms with Gasteiger partial charge in [0.05, 0.1) is 23.1 Å². The summed E-state index contributed by atoms with van der Waals surface area (Å²) in [6.07, 6.45) is 1.60. The van der Waals surface area contributed by atoms with E-state index < -0.39 is 0 Å². The van der Waals surface area contributed by atoms with Crippen LogP contribution in [0.25, 0.3) is 22.3 Å². The van der Waals surface area contributed by atoms with Crippen LogP contribution in [0.5, 0.6) is 0 Å². The molecule has 0 aliphatic carbocycles. The molecule has 0 atom stereocenters. The second-order valence-electron chi connectivity index (χ2n) is 4.34. The van der Waals surface area contributed by atoms with Gasteiger partial charge in [0.1, 0.15) is 11.5 Å². The number of nitrogens with two attached hydrogens (primary N) is 1. The molecule has 0 saturated heterocycles. The Bertz CT molecular complexity index is 719. The molecular formula is C13H13FN4. The maximum Gasteiger partial charge on any atom is 0.147 e. The molecule has 0 saturated carbocycles. The lowest BCUT2D eigenvalue weighted by molar-refractivity contribution is 0.632. The van der Waals surface area contributed by atoms with Crippen LogP contribution in [0.1, 0.15) is 0 Å². The van der Waals surface area contributed by atoms with Crippen LogP contribution >= 0.6 is 0 Å². The van der Waals surface area contributed by atoms with Gasteiger partial charge in [-0.05, 0) is 12.1 Å². The molecule has 3 aromatic rings. The van der Waals surface area contributed by atoms with Gasteiger partial charge in [0.2, 0.25) is 0 Å². The normalized spacial score (nSPS) is 11.3. The molecule has 0 spiro atoms. The average Bonchev–Trinajstić information content (AvgIpc) is 2.82. The van der Waals surface area contributed by atoms with E-state index in [9.17, 15) is 4.39 Å². The van der Waals surface area contributed by atoms with Crippen LogP contribution in [0.15, 0.2) is 30.5 Å². The number of hydrogen-bond acceptors (Lipinski definition) is 2. The highest BCUT2D eigenvalue weighted by Gasteiger charge is 2.15. The Morgan fingerprint density at radius 1 is 1.28 bits per heavy atom. The van der Waals surface area contributed by atoms with Crippen molar-refractivity contribution in [3.05, 3.63) is 36.3 Å². The van der Waals surface area contributed by atoms with E-state index in [2.05, 4.69) is 5.10 Å². The zero-order chi connectivity index (χ0) is 12.9. The Morgan fingerprint density at radius 3 is 2.67 bits per heavy atom. The summed E-state index contributed by atoms with van der Waals surface area (Å²) in [6, 6.07) is 6.97. The first kappa shape index (κ1) is 10.8. The molecule has 1 aromatic carbocycles. The van der Waals surface area contributed by atoms with E-state index >= 15 is 0 Å².